The number of alkyl halides is 3. The number of anilines is 4. The van der Waals surface area contributed by atoms with Gasteiger partial charge in [0.15, 0.2) is 0 Å². The molecule has 0 spiro atoms. The van der Waals surface area contributed by atoms with Crippen LogP contribution in [0.4, 0.5) is 36.2 Å². The van der Waals surface area contributed by atoms with Crippen molar-refractivity contribution in [1.82, 2.24) is 14.9 Å². The number of carbonyl (C=O) groups excluding carboxylic acids is 1. The summed E-state index contributed by atoms with van der Waals surface area (Å²) in [5.41, 5.74) is 2.89. The molecule has 1 aliphatic heterocycles. The van der Waals surface area contributed by atoms with Crippen molar-refractivity contribution < 1.29 is 22.7 Å². The number of rotatable bonds is 7. The Hall–Kier alpha value is -4.64. The lowest BCUT2D eigenvalue weighted by Gasteiger charge is -2.34. The van der Waals surface area contributed by atoms with Crippen LogP contribution >= 0.6 is 0 Å². The van der Waals surface area contributed by atoms with Crippen molar-refractivity contribution in [3.05, 3.63) is 95.2 Å². The van der Waals surface area contributed by atoms with Crippen LogP contribution in [0.5, 0.6) is 11.6 Å². The minimum atomic E-state index is -4.67. The first-order chi connectivity index (χ1) is 20.1. The first-order valence-electron chi connectivity index (χ1n) is 13.5. The van der Waals surface area contributed by atoms with E-state index in [1.54, 1.807) is 0 Å². The van der Waals surface area contributed by atoms with Gasteiger partial charge in [-0.05, 0) is 68.4 Å². The molecule has 11 heteroatoms. The predicted octanol–water partition coefficient (Wildman–Crippen LogP) is 6.65. The highest BCUT2D eigenvalue weighted by molar-refractivity contribution is 6.06. The molecule has 4 aromatic rings. The standard InChI is InChI=1S/C31H31F3N6O2/c1-20-7-6-8-21(2)27(20)37-28(41)24-19-35-30(38-29(24)42-26-10-5-4-9-25(26)31(32,33)34)36-22-11-13-23(14-12-22)40-17-15-39(3)16-18-40/h4-14,19H,15-18H2,1-3H3,(H,37,41)(H,35,36,38). The third-order valence-electron chi connectivity index (χ3n) is 7.11. The van der Waals surface area contributed by atoms with E-state index in [0.717, 1.165) is 49.1 Å². The fourth-order valence-electron chi connectivity index (χ4n) is 4.70. The Bertz CT molecular complexity index is 1550. The van der Waals surface area contributed by atoms with E-state index >= 15 is 0 Å². The van der Waals surface area contributed by atoms with E-state index in [2.05, 4.69) is 37.4 Å². The predicted molar refractivity (Wildman–Crippen MR) is 157 cm³/mol. The smallest absolute Gasteiger partial charge is 0.419 e. The van der Waals surface area contributed by atoms with Crippen LogP contribution in [0.15, 0.2) is 72.9 Å². The molecule has 1 aliphatic rings. The summed E-state index contributed by atoms with van der Waals surface area (Å²) < 4.78 is 46.9. The molecule has 1 amide bonds. The number of hydrogen-bond acceptors (Lipinski definition) is 7. The van der Waals surface area contributed by atoms with Gasteiger partial charge in [-0.15, -0.1) is 0 Å². The molecule has 0 saturated carbocycles. The Morgan fingerprint density at radius 2 is 1.57 bits per heavy atom. The summed E-state index contributed by atoms with van der Waals surface area (Å²) in [5.74, 6) is -1.35. The minimum Gasteiger partial charge on any atom is -0.437 e. The normalized spacial score (nSPS) is 14.0. The van der Waals surface area contributed by atoms with Crippen molar-refractivity contribution in [2.75, 3.05) is 48.8 Å². The van der Waals surface area contributed by atoms with Crippen LogP contribution in [0.2, 0.25) is 0 Å². The lowest BCUT2D eigenvalue weighted by Crippen LogP contribution is -2.44. The van der Waals surface area contributed by atoms with E-state index in [9.17, 15) is 18.0 Å². The molecule has 0 atom stereocenters. The SMILES string of the molecule is Cc1cccc(C)c1NC(=O)c1cnc(Nc2ccc(N3CCN(C)CC3)cc2)nc1Oc1ccccc1C(F)(F)F. The molecule has 1 fully saturated rings. The number of likely N-dealkylation sites (N-methyl/N-ethyl adjacent to an activating group) is 1. The summed E-state index contributed by atoms with van der Waals surface area (Å²) in [6.45, 7) is 7.52. The number of aromatic nitrogens is 2. The Balaban J connectivity index is 1.44. The highest BCUT2D eigenvalue weighted by Crippen LogP contribution is 2.38. The molecule has 0 unspecified atom stereocenters. The number of nitrogens with zero attached hydrogens (tertiary/aromatic N) is 4. The molecule has 5 rings (SSSR count). The van der Waals surface area contributed by atoms with Gasteiger partial charge in [0.1, 0.15) is 11.3 Å². The summed E-state index contributed by atoms with van der Waals surface area (Å²) in [4.78, 5) is 26.5. The molecule has 0 bridgehead atoms. The van der Waals surface area contributed by atoms with Gasteiger partial charge in [-0.3, -0.25) is 4.79 Å². The monoisotopic (exact) mass is 576 g/mol. The largest absolute Gasteiger partial charge is 0.437 e. The zero-order valence-electron chi connectivity index (χ0n) is 23.5. The van der Waals surface area contributed by atoms with Crippen LogP contribution in [0.3, 0.4) is 0 Å². The molecule has 218 valence electrons. The maximum Gasteiger partial charge on any atom is 0.419 e. The summed E-state index contributed by atoms with van der Waals surface area (Å²) in [5, 5.41) is 5.89. The number of hydrogen-bond donors (Lipinski definition) is 2. The van der Waals surface area contributed by atoms with Crippen LogP contribution in [0, 0.1) is 13.8 Å². The van der Waals surface area contributed by atoms with Gasteiger partial charge in [-0.2, -0.15) is 18.2 Å². The Morgan fingerprint density at radius 1 is 0.905 bits per heavy atom. The number of benzene rings is 3. The number of amides is 1. The Kier molecular flexibility index (Phi) is 8.30. The number of carbonyl (C=O) groups is 1. The molecule has 0 aliphatic carbocycles. The zero-order valence-corrected chi connectivity index (χ0v) is 23.5. The Morgan fingerprint density at radius 3 is 2.24 bits per heavy atom. The zero-order chi connectivity index (χ0) is 29.9. The van der Waals surface area contributed by atoms with Crippen molar-refractivity contribution in [2.45, 2.75) is 20.0 Å². The lowest BCUT2D eigenvalue weighted by atomic mass is 10.1. The maximum atomic E-state index is 13.7. The van der Waals surface area contributed by atoms with Crippen molar-refractivity contribution in [3.8, 4) is 11.6 Å². The van der Waals surface area contributed by atoms with Gasteiger partial charge < -0.3 is 25.2 Å². The second kappa shape index (κ2) is 12.1. The second-order valence-electron chi connectivity index (χ2n) is 10.2. The van der Waals surface area contributed by atoms with Crippen LogP contribution in [-0.2, 0) is 6.18 Å². The third-order valence-corrected chi connectivity index (χ3v) is 7.11. The van der Waals surface area contributed by atoms with E-state index in [4.69, 9.17) is 4.74 Å². The topological polar surface area (TPSA) is 82.6 Å². The number of halogens is 3. The highest BCUT2D eigenvalue weighted by atomic mass is 19.4. The Labute approximate surface area is 242 Å². The third kappa shape index (κ3) is 6.63. The van der Waals surface area contributed by atoms with Crippen molar-refractivity contribution in [1.29, 1.82) is 0 Å². The molecule has 2 heterocycles. The van der Waals surface area contributed by atoms with Gasteiger partial charge in [0.25, 0.3) is 5.91 Å². The number of ether oxygens (including phenoxy) is 1. The average molecular weight is 577 g/mol. The van der Waals surface area contributed by atoms with Gasteiger partial charge >= 0.3 is 6.18 Å². The maximum absolute atomic E-state index is 13.7. The van der Waals surface area contributed by atoms with Gasteiger partial charge in [-0.1, -0.05) is 30.3 Å². The van der Waals surface area contributed by atoms with Crippen molar-refractivity contribution in [3.63, 3.8) is 0 Å². The number of nitrogens with one attached hydrogen (secondary N) is 2. The van der Waals surface area contributed by atoms with E-state index in [1.165, 1.54) is 24.4 Å². The van der Waals surface area contributed by atoms with Gasteiger partial charge in [0.05, 0.1) is 5.56 Å². The van der Waals surface area contributed by atoms with Gasteiger partial charge in [0.2, 0.25) is 11.8 Å². The molecular formula is C31H31F3N6O2. The summed E-state index contributed by atoms with van der Waals surface area (Å²) >= 11 is 0. The molecule has 1 saturated heterocycles. The number of aryl methyl sites for hydroxylation is 2. The summed E-state index contributed by atoms with van der Waals surface area (Å²) in [7, 11) is 2.10. The first-order valence-corrected chi connectivity index (χ1v) is 13.5. The minimum absolute atomic E-state index is 0.0606. The van der Waals surface area contributed by atoms with Crippen molar-refractivity contribution in [2.24, 2.45) is 0 Å². The lowest BCUT2D eigenvalue weighted by molar-refractivity contribution is -0.138. The molecule has 1 aromatic heterocycles. The quantitative estimate of drug-likeness (QED) is 0.255. The van der Waals surface area contributed by atoms with Crippen LogP contribution < -0.4 is 20.3 Å². The highest BCUT2D eigenvalue weighted by Gasteiger charge is 2.35. The van der Waals surface area contributed by atoms with E-state index in [0.29, 0.717) is 11.4 Å². The van der Waals surface area contributed by atoms with E-state index in [-0.39, 0.29) is 17.4 Å². The first kappa shape index (κ1) is 28.9. The molecule has 0 radical (unpaired) electrons. The fraction of sp³-hybridized carbons (Fsp3) is 0.258. The molecule has 3 aromatic carbocycles. The van der Waals surface area contributed by atoms with E-state index in [1.807, 2.05) is 56.3 Å². The van der Waals surface area contributed by atoms with Gasteiger partial charge in [-0.25, -0.2) is 4.98 Å². The molecular weight excluding hydrogens is 545 g/mol. The number of para-hydroxylation sites is 2. The molecule has 2 N–H and O–H groups in total. The summed E-state index contributed by atoms with van der Waals surface area (Å²) in [6.07, 6.45) is -3.43. The fourth-order valence-corrected chi connectivity index (χ4v) is 4.70. The second-order valence-corrected chi connectivity index (χ2v) is 10.2. The van der Waals surface area contributed by atoms with Crippen LogP contribution in [0.25, 0.3) is 0 Å². The molecule has 8 nitrogen and oxygen atoms in total. The van der Waals surface area contributed by atoms with Crippen molar-refractivity contribution >= 4 is 28.9 Å². The number of piperazine rings is 1. The van der Waals surface area contributed by atoms with Crippen LogP contribution in [0.1, 0.15) is 27.0 Å². The van der Waals surface area contributed by atoms with E-state index < -0.39 is 23.4 Å². The molecule has 42 heavy (non-hydrogen) atoms. The average Bonchev–Trinajstić information content (AvgIpc) is 2.96. The summed E-state index contributed by atoms with van der Waals surface area (Å²) in [6, 6.07) is 18.0. The van der Waals surface area contributed by atoms with Gasteiger partial charge in [0, 0.05) is 49.4 Å². The van der Waals surface area contributed by atoms with Crippen LogP contribution in [-0.4, -0.2) is 54.0 Å².